The van der Waals surface area contributed by atoms with Crippen LogP contribution in [0.4, 0.5) is 5.82 Å². The van der Waals surface area contributed by atoms with Gasteiger partial charge in [-0.1, -0.05) is 66.7 Å². The first kappa shape index (κ1) is 16.6. The average Bonchev–Trinajstić information content (AvgIpc) is 3.10. The molecule has 1 atom stereocenters. The number of nitrogens with zero attached hydrogens (tertiary/aromatic N) is 4. The third-order valence-corrected chi connectivity index (χ3v) is 5.22. The van der Waals surface area contributed by atoms with Gasteiger partial charge < -0.3 is 0 Å². The van der Waals surface area contributed by atoms with Crippen LogP contribution in [0.2, 0.25) is 0 Å². The van der Waals surface area contributed by atoms with Gasteiger partial charge in [0.05, 0.1) is 17.4 Å². The second-order valence-corrected chi connectivity index (χ2v) is 7.03. The lowest BCUT2D eigenvalue weighted by atomic mass is 9.96. The van der Waals surface area contributed by atoms with Crippen molar-refractivity contribution in [3.63, 3.8) is 0 Å². The van der Waals surface area contributed by atoms with Crippen LogP contribution in [0.1, 0.15) is 29.3 Å². The molecular formula is C24H20N4. The Morgan fingerprint density at radius 2 is 1.57 bits per heavy atom. The van der Waals surface area contributed by atoms with Crippen molar-refractivity contribution in [3.05, 3.63) is 102 Å². The molecule has 0 bridgehead atoms. The van der Waals surface area contributed by atoms with Crippen molar-refractivity contribution in [2.45, 2.75) is 19.4 Å². The molecule has 2 aromatic heterocycles. The highest BCUT2D eigenvalue weighted by Crippen LogP contribution is 2.41. The Morgan fingerprint density at radius 3 is 2.25 bits per heavy atom. The van der Waals surface area contributed by atoms with Gasteiger partial charge in [-0.25, -0.2) is 9.67 Å². The van der Waals surface area contributed by atoms with E-state index in [0.29, 0.717) is 0 Å². The van der Waals surface area contributed by atoms with Crippen LogP contribution in [-0.2, 0) is 0 Å². The lowest BCUT2D eigenvalue weighted by Crippen LogP contribution is -2.21. The first-order chi connectivity index (χ1) is 13.8. The summed E-state index contributed by atoms with van der Waals surface area (Å²) in [6, 6.07) is 25.0. The largest absolute Gasteiger partial charge is 0.264 e. The maximum absolute atomic E-state index is 5.09. The highest BCUT2D eigenvalue weighted by atomic mass is 15.4. The molecule has 0 N–H and O–H groups in total. The van der Waals surface area contributed by atoms with Gasteiger partial charge >= 0.3 is 0 Å². The number of pyridine rings is 1. The smallest absolute Gasteiger partial charge is 0.159 e. The van der Waals surface area contributed by atoms with Crippen molar-refractivity contribution in [2.75, 3.05) is 0 Å². The molecule has 0 radical (unpaired) electrons. The summed E-state index contributed by atoms with van der Waals surface area (Å²) >= 11 is 0. The summed E-state index contributed by atoms with van der Waals surface area (Å²) in [7, 11) is 0. The molecule has 0 aliphatic carbocycles. The Kier molecular flexibility index (Phi) is 4.09. The van der Waals surface area contributed by atoms with Gasteiger partial charge in [-0.15, -0.1) is 0 Å². The number of aromatic nitrogens is 3. The molecule has 3 heterocycles. The van der Waals surface area contributed by atoms with E-state index in [2.05, 4.69) is 71.2 Å². The molecule has 0 amide bonds. The highest BCUT2D eigenvalue weighted by Gasteiger charge is 2.29. The molecule has 5 rings (SSSR count). The number of benzene rings is 2. The number of hydrogen-bond acceptors (Lipinski definition) is 3. The van der Waals surface area contributed by atoms with Crippen molar-refractivity contribution < 1.29 is 0 Å². The number of fused-ring (bicyclic) bond motifs is 1. The fourth-order valence-electron chi connectivity index (χ4n) is 3.89. The van der Waals surface area contributed by atoms with Gasteiger partial charge in [0, 0.05) is 24.4 Å². The zero-order valence-corrected chi connectivity index (χ0v) is 15.7. The molecule has 4 aromatic rings. The van der Waals surface area contributed by atoms with E-state index in [4.69, 9.17) is 10.1 Å². The minimum atomic E-state index is 0.0765. The number of hydrogen-bond donors (Lipinski definition) is 0. The molecule has 0 saturated carbocycles. The van der Waals surface area contributed by atoms with Crippen LogP contribution in [0, 0.1) is 6.92 Å². The number of aliphatic imine (C=N–C) groups is 1. The molecule has 4 nitrogen and oxygen atoms in total. The van der Waals surface area contributed by atoms with Crippen LogP contribution in [-0.4, -0.2) is 20.5 Å². The van der Waals surface area contributed by atoms with E-state index in [1.165, 1.54) is 0 Å². The van der Waals surface area contributed by atoms with E-state index < -0.39 is 0 Å². The van der Waals surface area contributed by atoms with Gasteiger partial charge in [0.2, 0.25) is 0 Å². The summed E-state index contributed by atoms with van der Waals surface area (Å²) in [6.07, 6.45) is 4.53. The van der Waals surface area contributed by atoms with E-state index in [9.17, 15) is 0 Å². The maximum Gasteiger partial charge on any atom is 0.159 e. The molecule has 0 fully saturated rings. The Balaban J connectivity index is 1.73. The van der Waals surface area contributed by atoms with E-state index in [-0.39, 0.29) is 6.04 Å². The fourth-order valence-corrected chi connectivity index (χ4v) is 3.89. The highest BCUT2D eigenvalue weighted by molar-refractivity contribution is 6.04. The molecule has 0 spiro atoms. The fraction of sp³-hybridized carbons (Fsp3) is 0.125. The molecule has 136 valence electrons. The van der Waals surface area contributed by atoms with E-state index in [1.807, 2.05) is 30.6 Å². The summed E-state index contributed by atoms with van der Waals surface area (Å²) in [4.78, 5) is 9.42. The van der Waals surface area contributed by atoms with E-state index >= 15 is 0 Å². The zero-order valence-electron chi connectivity index (χ0n) is 15.7. The number of aryl methyl sites for hydroxylation is 1. The van der Waals surface area contributed by atoms with E-state index in [0.717, 1.165) is 45.9 Å². The van der Waals surface area contributed by atoms with Crippen molar-refractivity contribution in [2.24, 2.45) is 4.99 Å². The van der Waals surface area contributed by atoms with Crippen LogP contribution in [0.25, 0.3) is 11.1 Å². The van der Waals surface area contributed by atoms with Crippen molar-refractivity contribution in [3.8, 4) is 11.1 Å². The summed E-state index contributed by atoms with van der Waals surface area (Å²) in [5.74, 6) is 0.919. The van der Waals surface area contributed by atoms with Gasteiger partial charge in [0.1, 0.15) is 0 Å². The van der Waals surface area contributed by atoms with Gasteiger partial charge in [-0.3, -0.25) is 4.98 Å². The normalized spacial score (nSPS) is 15.8. The molecule has 0 saturated heterocycles. The molecule has 0 unspecified atom stereocenters. The third kappa shape index (κ3) is 2.83. The van der Waals surface area contributed by atoms with Crippen LogP contribution >= 0.6 is 0 Å². The summed E-state index contributed by atoms with van der Waals surface area (Å²) < 4.78 is 2.07. The average molecular weight is 364 g/mol. The van der Waals surface area contributed by atoms with Crippen LogP contribution in [0.3, 0.4) is 0 Å². The van der Waals surface area contributed by atoms with Crippen LogP contribution in [0.5, 0.6) is 0 Å². The minimum Gasteiger partial charge on any atom is -0.264 e. The quantitative estimate of drug-likeness (QED) is 0.491. The van der Waals surface area contributed by atoms with Gasteiger partial charge in [-0.05, 0) is 29.7 Å². The summed E-state index contributed by atoms with van der Waals surface area (Å²) in [6.45, 7) is 2.06. The first-order valence-corrected chi connectivity index (χ1v) is 9.48. The van der Waals surface area contributed by atoms with Gasteiger partial charge in [0.25, 0.3) is 0 Å². The lowest BCUT2D eigenvalue weighted by Gasteiger charge is -2.25. The van der Waals surface area contributed by atoms with Crippen molar-refractivity contribution in [1.82, 2.24) is 14.8 Å². The Bertz CT molecular complexity index is 1130. The molecule has 28 heavy (non-hydrogen) atoms. The lowest BCUT2D eigenvalue weighted by molar-refractivity contribution is 0.528. The summed E-state index contributed by atoms with van der Waals surface area (Å²) in [5.41, 5.74) is 6.62. The Morgan fingerprint density at radius 1 is 0.857 bits per heavy atom. The first-order valence-electron chi connectivity index (χ1n) is 9.48. The summed E-state index contributed by atoms with van der Waals surface area (Å²) in [5, 5.41) is 4.90. The topological polar surface area (TPSA) is 43.1 Å². The Labute approximate surface area is 164 Å². The number of rotatable bonds is 3. The van der Waals surface area contributed by atoms with Crippen molar-refractivity contribution >= 4 is 11.5 Å². The second kappa shape index (κ2) is 6.89. The predicted octanol–water partition coefficient (Wildman–Crippen LogP) is 5.37. The SMILES string of the molecule is Cc1nn2c(c1-c1ccccc1)N=C(c1ccccc1)C[C@H]2c1cccnc1. The van der Waals surface area contributed by atoms with Crippen LogP contribution < -0.4 is 0 Å². The predicted molar refractivity (Wildman–Crippen MR) is 112 cm³/mol. The van der Waals surface area contributed by atoms with Gasteiger partial charge in [0.15, 0.2) is 5.82 Å². The second-order valence-electron chi connectivity index (χ2n) is 7.03. The maximum atomic E-state index is 5.09. The minimum absolute atomic E-state index is 0.0765. The monoisotopic (exact) mass is 364 g/mol. The zero-order chi connectivity index (χ0) is 18.9. The molecular weight excluding hydrogens is 344 g/mol. The van der Waals surface area contributed by atoms with Gasteiger partial charge in [-0.2, -0.15) is 5.10 Å². The van der Waals surface area contributed by atoms with Crippen LogP contribution in [0.15, 0.2) is 90.2 Å². The van der Waals surface area contributed by atoms with E-state index in [1.54, 1.807) is 0 Å². The molecule has 2 aromatic carbocycles. The molecule has 4 heteroatoms. The Hall–Kier alpha value is -3.53. The molecule has 1 aliphatic heterocycles. The standard InChI is InChI=1S/C24H20N4/c1-17-23(19-11-6-3-7-12-19)24-26-21(18-9-4-2-5-10-18)15-22(28(24)27-17)20-13-8-14-25-16-20/h2-14,16,22H,15H2,1H3/t22-/m0/s1. The molecule has 1 aliphatic rings. The van der Waals surface area contributed by atoms with Crippen molar-refractivity contribution in [1.29, 1.82) is 0 Å². The third-order valence-electron chi connectivity index (χ3n) is 5.22.